The van der Waals surface area contributed by atoms with Gasteiger partial charge in [0.05, 0.1) is 13.3 Å². The van der Waals surface area contributed by atoms with Gasteiger partial charge in [-0.05, 0) is 18.2 Å². The highest BCUT2D eigenvalue weighted by molar-refractivity contribution is 5.95. The fourth-order valence-electron chi connectivity index (χ4n) is 1.48. The fraction of sp³-hybridized carbons (Fsp3) is 0.0769. The van der Waals surface area contributed by atoms with Gasteiger partial charge in [0.25, 0.3) is 0 Å². The van der Waals surface area contributed by atoms with Gasteiger partial charge in [-0.15, -0.1) is 0 Å². The summed E-state index contributed by atoms with van der Waals surface area (Å²) in [5, 5.41) is 12.3. The average molecular weight is 244 g/mol. The van der Waals surface area contributed by atoms with Crippen LogP contribution in [0.2, 0.25) is 0 Å². The van der Waals surface area contributed by atoms with E-state index in [1.807, 2.05) is 30.3 Å². The lowest BCUT2D eigenvalue weighted by Gasteiger charge is -2.09. The summed E-state index contributed by atoms with van der Waals surface area (Å²) in [6.45, 7) is 0. The van der Waals surface area contributed by atoms with Crippen molar-refractivity contribution < 1.29 is 14.6 Å². The van der Waals surface area contributed by atoms with Crippen LogP contribution in [0.5, 0.6) is 5.75 Å². The number of nitrogens with one attached hydrogen (secondary N) is 1. The van der Waals surface area contributed by atoms with Crippen LogP contribution in [0.1, 0.15) is 10.4 Å². The number of pyridine rings is 1. The molecule has 0 fully saturated rings. The Hall–Kier alpha value is -2.56. The number of carbonyl (C=O) groups is 1. The summed E-state index contributed by atoms with van der Waals surface area (Å²) in [7, 11) is 1.28. The number of carbonyl (C=O) groups excluding carboxylic acids is 1. The molecule has 0 unspecified atom stereocenters. The van der Waals surface area contributed by atoms with E-state index < -0.39 is 5.97 Å². The van der Waals surface area contributed by atoms with Gasteiger partial charge in [0.15, 0.2) is 0 Å². The molecule has 0 atom stereocenters. The summed E-state index contributed by atoms with van der Waals surface area (Å²) in [5.74, 6) is -0.309. The van der Waals surface area contributed by atoms with Crippen LogP contribution in [0.3, 0.4) is 0 Å². The van der Waals surface area contributed by atoms with E-state index in [0.29, 0.717) is 5.82 Å². The Morgan fingerprint density at radius 3 is 2.72 bits per heavy atom. The van der Waals surface area contributed by atoms with Crippen molar-refractivity contribution in [3.8, 4) is 5.75 Å². The van der Waals surface area contributed by atoms with E-state index in [2.05, 4.69) is 15.0 Å². The van der Waals surface area contributed by atoms with Crippen LogP contribution in [0.4, 0.5) is 11.5 Å². The smallest absolute Gasteiger partial charge is 0.341 e. The molecule has 0 aliphatic carbocycles. The summed E-state index contributed by atoms with van der Waals surface area (Å²) in [4.78, 5) is 15.5. The quantitative estimate of drug-likeness (QED) is 0.811. The van der Waals surface area contributed by atoms with Crippen LogP contribution < -0.4 is 5.32 Å². The molecule has 5 heteroatoms. The highest BCUT2D eigenvalue weighted by Gasteiger charge is 2.14. The molecule has 2 aromatic rings. The van der Waals surface area contributed by atoms with Crippen LogP contribution in [0, 0.1) is 0 Å². The van der Waals surface area contributed by atoms with E-state index in [9.17, 15) is 9.90 Å². The first kappa shape index (κ1) is 11.9. The average Bonchev–Trinajstić information content (AvgIpc) is 2.41. The van der Waals surface area contributed by atoms with Crippen LogP contribution in [0.25, 0.3) is 0 Å². The lowest BCUT2D eigenvalue weighted by Crippen LogP contribution is -2.07. The highest BCUT2D eigenvalue weighted by Crippen LogP contribution is 2.22. The van der Waals surface area contributed by atoms with Crippen molar-refractivity contribution in [2.45, 2.75) is 0 Å². The van der Waals surface area contributed by atoms with Crippen molar-refractivity contribution in [1.82, 2.24) is 4.98 Å². The number of hydrogen-bond donors (Lipinski definition) is 2. The first-order valence-corrected chi connectivity index (χ1v) is 5.30. The molecule has 1 aromatic carbocycles. The van der Waals surface area contributed by atoms with Gasteiger partial charge in [-0.2, -0.15) is 0 Å². The van der Waals surface area contributed by atoms with E-state index in [0.717, 1.165) is 5.69 Å². The molecular weight excluding hydrogens is 232 g/mol. The maximum absolute atomic E-state index is 11.6. The molecule has 5 nitrogen and oxygen atoms in total. The minimum atomic E-state index is -0.558. The number of hydrogen-bond acceptors (Lipinski definition) is 5. The van der Waals surface area contributed by atoms with Gasteiger partial charge in [0.1, 0.15) is 17.1 Å². The van der Waals surface area contributed by atoms with Crippen molar-refractivity contribution >= 4 is 17.5 Å². The number of aromatic nitrogens is 1. The third-order valence-corrected chi connectivity index (χ3v) is 2.32. The van der Waals surface area contributed by atoms with Gasteiger partial charge in [-0.1, -0.05) is 18.2 Å². The van der Waals surface area contributed by atoms with Crippen molar-refractivity contribution in [2.24, 2.45) is 0 Å². The maximum atomic E-state index is 11.6. The zero-order valence-electron chi connectivity index (χ0n) is 9.75. The van der Waals surface area contributed by atoms with Crippen LogP contribution in [-0.4, -0.2) is 23.2 Å². The zero-order chi connectivity index (χ0) is 13.0. The molecule has 1 aromatic heterocycles. The Balaban J connectivity index is 2.35. The molecule has 0 saturated heterocycles. The summed E-state index contributed by atoms with van der Waals surface area (Å²) in [6.07, 6.45) is 1.26. The Kier molecular flexibility index (Phi) is 3.43. The minimum absolute atomic E-state index is 0.0889. The minimum Gasteiger partial charge on any atom is -0.506 e. The number of ether oxygens (including phenoxy) is 1. The number of anilines is 2. The van der Waals surface area contributed by atoms with Crippen molar-refractivity contribution in [3.05, 3.63) is 48.2 Å². The van der Waals surface area contributed by atoms with E-state index in [-0.39, 0.29) is 11.3 Å². The number of para-hydroxylation sites is 1. The molecule has 1 heterocycles. The van der Waals surface area contributed by atoms with Crippen LogP contribution in [-0.2, 0) is 4.74 Å². The van der Waals surface area contributed by atoms with E-state index >= 15 is 0 Å². The van der Waals surface area contributed by atoms with E-state index in [1.165, 1.54) is 19.4 Å². The van der Waals surface area contributed by atoms with Gasteiger partial charge < -0.3 is 15.2 Å². The van der Waals surface area contributed by atoms with Crippen LogP contribution in [0.15, 0.2) is 42.6 Å². The van der Waals surface area contributed by atoms with Crippen molar-refractivity contribution in [2.75, 3.05) is 12.4 Å². The monoisotopic (exact) mass is 244 g/mol. The maximum Gasteiger partial charge on any atom is 0.341 e. The first-order chi connectivity index (χ1) is 8.70. The Labute approximate surface area is 104 Å². The topological polar surface area (TPSA) is 71.5 Å². The molecule has 0 aliphatic rings. The molecule has 0 spiro atoms. The number of esters is 1. The summed E-state index contributed by atoms with van der Waals surface area (Å²) >= 11 is 0. The van der Waals surface area contributed by atoms with Crippen molar-refractivity contribution in [3.63, 3.8) is 0 Å². The van der Waals surface area contributed by atoms with Gasteiger partial charge >= 0.3 is 5.97 Å². The molecule has 18 heavy (non-hydrogen) atoms. The summed E-state index contributed by atoms with van der Waals surface area (Å²) < 4.78 is 4.64. The highest BCUT2D eigenvalue weighted by atomic mass is 16.5. The number of methoxy groups -OCH3 is 1. The molecule has 0 bridgehead atoms. The molecular formula is C13H12N2O3. The molecule has 2 N–H and O–H groups in total. The lowest BCUT2D eigenvalue weighted by atomic mass is 10.2. The largest absolute Gasteiger partial charge is 0.506 e. The molecule has 0 radical (unpaired) electrons. The zero-order valence-corrected chi connectivity index (χ0v) is 9.75. The van der Waals surface area contributed by atoms with Crippen molar-refractivity contribution in [1.29, 1.82) is 0 Å². The Morgan fingerprint density at radius 2 is 2.06 bits per heavy atom. The second kappa shape index (κ2) is 5.18. The molecule has 0 aliphatic heterocycles. The standard InChI is InChI=1S/C13H12N2O3/c1-18-13(17)11-7-10(16)8-14-12(11)15-9-5-3-2-4-6-9/h2-8,16H,1H3,(H,14,15). The summed E-state index contributed by atoms with van der Waals surface area (Å²) in [5.41, 5.74) is 0.974. The predicted octanol–water partition coefficient (Wildman–Crippen LogP) is 2.32. The lowest BCUT2D eigenvalue weighted by molar-refractivity contribution is 0.0601. The Morgan fingerprint density at radius 1 is 1.33 bits per heavy atom. The van der Waals surface area contributed by atoms with Gasteiger partial charge in [0.2, 0.25) is 0 Å². The number of nitrogens with zero attached hydrogens (tertiary/aromatic N) is 1. The first-order valence-electron chi connectivity index (χ1n) is 5.30. The van der Waals surface area contributed by atoms with Crippen LogP contribution >= 0.6 is 0 Å². The number of aromatic hydroxyl groups is 1. The van der Waals surface area contributed by atoms with E-state index in [1.54, 1.807) is 0 Å². The van der Waals surface area contributed by atoms with Gasteiger partial charge in [-0.25, -0.2) is 9.78 Å². The molecule has 0 amide bonds. The molecule has 92 valence electrons. The Bertz CT molecular complexity index is 555. The number of rotatable bonds is 3. The van der Waals surface area contributed by atoms with Gasteiger partial charge in [-0.3, -0.25) is 0 Å². The third-order valence-electron chi connectivity index (χ3n) is 2.32. The fourth-order valence-corrected chi connectivity index (χ4v) is 1.48. The second-order valence-electron chi connectivity index (χ2n) is 3.57. The summed E-state index contributed by atoms with van der Waals surface area (Å²) in [6, 6.07) is 10.6. The van der Waals surface area contributed by atoms with E-state index in [4.69, 9.17) is 0 Å². The molecule has 0 saturated carbocycles. The third kappa shape index (κ3) is 2.57. The molecule has 2 rings (SSSR count). The normalized spacial score (nSPS) is 9.83. The predicted molar refractivity (Wildman–Crippen MR) is 67.0 cm³/mol. The number of benzene rings is 1. The second-order valence-corrected chi connectivity index (χ2v) is 3.57. The van der Waals surface area contributed by atoms with Gasteiger partial charge in [0, 0.05) is 5.69 Å². The SMILES string of the molecule is COC(=O)c1cc(O)cnc1Nc1ccccc1.